The predicted octanol–water partition coefficient (Wildman–Crippen LogP) is 6.40. The molecule has 0 bridgehead atoms. The van der Waals surface area contributed by atoms with Crippen LogP contribution in [0.5, 0.6) is 11.5 Å². The highest BCUT2D eigenvalue weighted by molar-refractivity contribution is 5.81. The number of benzene rings is 3. The number of aromatic nitrogens is 2. The van der Waals surface area contributed by atoms with Gasteiger partial charge in [-0.15, -0.1) is 13.2 Å². The van der Waals surface area contributed by atoms with Gasteiger partial charge < -0.3 is 24.1 Å². The fraction of sp³-hybridized carbons (Fsp3) is 0.259. The van der Waals surface area contributed by atoms with Crippen LogP contribution in [0.4, 0.5) is 24.8 Å². The molecule has 1 N–H and O–H groups in total. The minimum absolute atomic E-state index is 0.211. The average molecular weight is 514 g/mol. The molecule has 0 spiro atoms. The van der Waals surface area contributed by atoms with Crippen LogP contribution in [0.3, 0.4) is 0 Å². The van der Waals surface area contributed by atoms with Crippen LogP contribution in [0.1, 0.15) is 30.5 Å². The van der Waals surface area contributed by atoms with E-state index in [9.17, 15) is 18.0 Å². The summed E-state index contributed by atoms with van der Waals surface area (Å²) in [4.78, 5) is 16.4. The van der Waals surface area contributed by atoms with Crippen molar-refractivity contribution in [1.82, 2.24) is 9.55 Å². The number of carbonyl (C=O) groups excluding carboxylic acids is 1. The van der Waals surface area contributed by atoms with Gasteiger partial charge in [0.1, 0.15) is 11.5 Å². The Morgan fingerprint density at radius 1 is 1.05 bits per heavy atom. The Hall–Kier alpha value is -4.21. The number of alkyl halides is 3. The average Bonchev–Trinajstić information content (AvgIpc) is 3.23. The summed E-state index contributed by atoms with van der Waals surface area (Å²) < 4.78 is 53.9. The molecule has 1 aromatic heterocycles. The number of nitrogens with zero attached hydrogens (tertiary/aromatic N) is 2. The number of hydrogen-bond acceptors (Lipinski definition) is 6. The van der Waals surface area contributed by atoms with Gasteiger partial charge in [-0.2, -0.15) is 0 Å². The molecule has 0 fully saturated rings. The smallest absolute Gasteiger partial charge is 0.496 e. The molecule has 4 rings (SSSR count). The number of fused-ring (bicyclic) bond motifs is 1. The van der Waals surface area contributed by atoms with Crippen LogP contribution >= 0.6 is 0 Å². The molecule has 0 aliphatic heterocycles. The van der Waals surface area contributed by atoms with Crippen molar-refractivity contribution in [1.29, 1.82) is 0 Å². The van der Waals surface area contributed by atoms with E-state index >= 15 is 0 Å². The fourth-order valence-corrected chi connectivity index (χ4v) is 4.15. The number of nitrogens with one attached hydrogen (secondary N) is 1. The third-order valence-electron chi connectivity index (χ3n) is 5.92. The van der Waals surface area contributed by atoms with Gasteiger partial charge >= 0.3 is 12.3 Å². The van der Waals surface area contributed by atoms with E-state index in [-0.39, 0.29) is 24.2 Å². The molecular formula is C27H26F3N3O4. The summed E-state index contributed by atoms with van der Waals surface area (Å²) in [7, 11) is 2.96. The van der Waals surface area contributed by atoms with E-state index in [1.54, 1.807) is 7.11 Å². The molecule has 0 unspecified atom stereocenters. The molecule has 3 aromatic carbocycles. The van der Waals surface area contributed by atoms with E-state index in [1.165, 1.54) is 31.4 Å². The molecule has 0 saturated carbocycles. The van der Waals surface area contributed by atoms with Crippen molar-refractivity contribution >= 4 is 28.6 Å². The van der Waals surface area contributed by atoms with E-state index < -0.39 is 6.36 Å². The Labute approximate surface area is 211 Å². The Bertz CT molecular complexity index is 1380. The Kier molecular flexibility index (Phi) is 7.56. The number of methoxy groups -OCH3 is 2. The standard InChI is InChI=1S/C27H26F3N3O4/c1-17(21-6-4-5-7-24(21)35-2)33-23-14-8-18(9-15-25(34)36-3)16-22(23)32-26(33)31-19-10-12-20(13-11-19)37-27(28,29)30/h4-8,10-14,16-17H,9,15H2,1-3H3,(H,31,32)/t17-/m1/s1. The van der Waals surface area contributed by atoms with Crippen molar-refractivity contribution in [3.05, 3.63) is 77.9 Å². The second-order valence-corrected chi connectivity index (χ2v) is 8.32. The number of carbonyl (C=O) groups is 1. The highest BCUT2D eigenvalue weighted by Crippen LogP contribution is 2.35. The topological polar surface area (TPSA) is 74.6 Å². The highest BCUT2D eigenvalue weighted by atomic mass is 19.4. The van der Waals surface area contributed by atoms with Crippen LogP contribution in [0.2, 0.25) is 0 Å². The minimum atomic E-state index is -4.77. The Balaban J connectivity index is 1.73. The van der Waals surface area contributed by atoms with Gasteiger partial charge in [-0.05, 0) is 61.4 Å². The monoisotopic (exact) mass is 513 g/mol. The van der Waals surface area contributed by atoms with Crippen molar-refractivity contribution in [2.45, 2.75) is 32.2 Å². The summed E-state index contributed by atoms with van der Waals surface area (Å²) >= 11 is 0. The Morgan fingerprint density at radius 3 is 2.46 bits per heavy atom. The van der Waals surface area contributed by atoms with Gasteiger partial charge in [0.05, 0.1) is 31.3 Å². The SMILES string of the molecule is COC(=O)CCc1ccc2c(c1)nc(Nc1ccc(OC(F)(F)F)cc1)n2[C@H](C)c1ccccc1OC. The quantitative estimate of drug-likeness (QED) is 0.261. The second kappa shape index (κ2) is 10.8. The Morgan fingerprint density at radius 2 is 1.78 bits per heavy atom. The maximum absolute atomic E-state index is 12.5. The van der Waals surface area contributed by atoms with E-state index in [1.807, 2.05) is 54.0 Å². The largest absolute Gasteiger partial charge is 0.573 e. The lowest BCUT2D eigenvalue weighted by atomic mass is 10.1. The number of para-hydroxylation sites is 1. The summed E-state index contributed by atoms with van der Waals surface area (Å²) in [5.74, 6) is 0.592. The maximum Gasteiger partial charge on any atom is 0.573 e. The van der Waals surface area contributed by atoms with Crippen LogP contribution in [0.15, 0.2) is 66.7 Å². The molecule has 1 atom stereocenters. The van der Waals surface area contributed by atoms with Crippen LogP contribution < -0.4 is 14.8 Å². The molecule has 37 heavy (non-hydrogen) atoms. The van der Waals surface area contributed by atoms with Gasteiger partial charge in [-0.25, -0.2) is 4.98 Å². The predicted molar refractivity (Wildman–Crippen MR) is 133 cm³/mol. The molecule has 0 aliphatic rings. The van der Waals surface area contributed by atoms with Gasteiger partial charge in [0.2, 0.25) is 5.95 Å². The van der Waals surface area contributed by atoms with Crippen molar-refractivity contribution in [2.75, 3.05) is 19.5 Å². The second-order valence-electron chi connectivity index (χ2n) is 8.32. The third kappa shape index (κ3) is 6.14. The molecule has 1 heterocycles. The van der Waals surface area contributed by atoms with Crippen molar-refractivity contribution in [3.63, 3.8) is 0 Å². The first-order valence-corrected chi connectivity index (χ1v) is 11.5. The number of ether oxygens (including phenoxy) is 3. The number of hydrogen-bond donors (Lipinski definition) is 1. The lowest BCUT2D eigenvalue weighted by molar-refractivity contribution is -0.274. The minimum Gasteiger partial charge on any atom is -0.496 e. The first kappa shape index (κ1) is 25.9. The fourth-order valence-electron chi connectivity index (χ4n) is 4.15. The zero-order chi connectivity index (χ0) is 26.6. The zero-order valence-electron chi connectivity index (χ0n) is 20.5. The van der Waals surface area contributed by atoms with E-state index in [0.29, 0.717) is 29.3 Å². The van der Waals surface area contributed by atoms with Crippen molar-refractivity contribution in [3.8, 4) is 11.5 Å². The third-order valence-corrected chi connectivity index (χ3v) is 5.92. The van der Waals surface area contributed by atoms with Gasteiger partial charge in [0, 0.05) is 17.7 Å². The van der Waals surface area contributed by atoms with Gasteiger partial charge in [0.15, 0.2) is 0 Å². The van der Waals surface area contributed by atoms with Crippen LogP contribution in [0, 0.1) is 0 Å². The van der Waals surface area contributed by atoms with E-state index in [2.05, 4.69) is 10.1 Å². The zero-order valence-corrected chi connectivity index (χ0v) is 20.5. The molecule has 10 heteroatoms. The maximum atomic E-state index is 12.5. The summed E-state index contributed by atoms with van der Waals surface area (Å²) in [5.41, 5.74) is 3.91. The number of esters is 1. The molecule has 4 aromatic rings. The number of imidazole rings is 1. The first-order valence-electron chi connectivity index (χ1n) is 11.5. The number of rotatable bonds is 9. The van der Waals surface area contributed by atoms with Gasteiger partial charge in [0.25, 0.3) is 0 Å². The van der Waals surface area contributed by atoms with Crippen molar-refractivity contribution in [2.24, 2.45) is 0 Å². The summed E-state index contributed by atoms with van der Waals surface area (Å²) in [6.45, 7) is 2.01. The van der Waals surface area contributed by atoms with E-state index in [4.69, 9.17) is 14.5 Å². The number of anilines is 2. The molecular weight excluding hydrogens is 487 g/mol. The summed E-state index contributed by atoms with van der Waals surface area (Å²) in [5, 5.41) is 3.22. The van der Waals surface area contributed by atoms with Crippen LogP contribution in [-0.2, 0) is 16.0 Å². The summed E-state index contributed by atoms with van der Waals surface area (Å²) in [6, 6.07) is 18.7. The van der Waals surface area contributed by atoms with Gasteiger partial charge in [-0.3, -0.25) is 4.79 Å². The highest BCUT2D eigenvalue weighted by Gasteiger charge is 2.31. The molecule has 0 radical (unpaired) electrons. The normalized spacial score (nSPS) is 12.3. The molecule has 7 nitrogen and oxygen atoms in total. The van der Waals surface area contributed by atoms with Crippen LogP contribution in [0.25, 0.3) is 11.0 Å². The first-order chi connectivity index (χ1) is 17.7. The van der Waals surface area contributed by atoms with E-state index in [0.717, 1.165) is 16.6 Å². The van der Waals surface area contributed by atoms with Crippen molar-refractivity contribution < 1.29 is 32.2 Å². The lowest BCUT2D eigenvalue weighted by Gasteiger charge is -2.21. The molecule has 0 aliphatic carbocycles. The summed E-state index contributed by atoms with van der Waals surface area (Å²) in [6.07, 6.45) is -4.02. The lowest BCUT2D eigenvalue weighted by Crippen LogP contribution is -2.17. The molecule has 0 amide bonds. The van der Waals surface area contributed by atoms with Crippen LogP contribution in [-0.4, -0.2) is 36.1 Å². The number of aryl methyl sites for hydroxylation is 1. The van der Waals surface area contributed by atoms with Gasteiger partial charge in [-0.1, -0.05) is 24.3 Å². The number of halogens is 3. The molecule has 194 valence electrons. The molecule has 0 saturated heterocycles.